The number of ether oxygens (including phenoxy) is 1. The van der Waals surface area contributed by atoms with Crippen LogP contribution in [0.4, 0.5) is 0 Å². The molecule has 0 fully saturated rings. The van der Waals surface area contributed by atoms with Crippen LogP contribution in [0.15, 0.2) is 12.1 Å². The lowest BCUT2D eigenvalue weighted by atomic mass is 9.75. The smallest absolute Gasteiger partial charge is 0.122 e. The average molecular weight is 292 g/mol. The molecule has 0 saturated heterocycles. The SMILES string of the molecule is CCC(Cc1cc(O)c(C(C)(C)C)cc1OC)C(C)(C)C. The van der Waals surface area contributed by atoms with Crippen LogP contribution in [0.2, 0.25) is 0 Å². The fourth-order valence-corrected chi connectivity index (χ4v) is 2.89. The van der Waals surface area contributed by atoms with Gasteiger partial charge in [-0.1, -0.05) is 54.9 Å². The largest absolute Gasteiger partial charge is 0.508 e. The van der Waals surface area contributed by atoms with Gasteiger partial charge in [-0.2, -0.15) is 0 Å². The molecule has 1 unspecified atom stereocenters. The molecule has 0 bridgehead atoms. The van der Waals surface area contributed by atoms with Gasteiger partial charge in [0.2, 0.25) is 0 Å². The molecule has 0 spiro atoms. The van der Waals surface area contributed by atoms with E-state index in [0.29, 0.717) is 11.7 Å². The van der Waals surface area contributed by atoms with Crippen molar-refractivity contribution < 1.29 is 9.84 Å². The summed E-state index contributed by atoms with van der Waals surface area (Å²) < 4.78 is 5.58. The molecule has 0 aliphatic carbocycles. The van der Waals surface area contributed by atoms with Crippen molar-refractivity contribution in [1.29, 1.82) is 0 Å². The molecule has 1 aromatic carbocycles. The second-order valence-electron chi connectivity index (χ2n) is 8.11. The first kappa shape index (κ1) is 17.9. The number of hydrogen-bond acceptors (Lipinski definition) is 2. The van der Waals surface area contributed by atoms with Gasteiger partial charge in [0.15, 0.2) is 0 Å². The Labute approximate surface area is 130 Å². The van der Waals surface area contributed by atoms with Crippen LogP contribution in [0.25, 0.3) is 0 Å². The van der Waals surface area contributed by atoms with Gasteiger partial charge >= 0.3 is 0 Å². The first-order valence-electron chi connectivity index (χ1n) is 7.91. The highest BCUT2D eigenvalue weighted by Gasteiger charge is 2.26. The lowest BCUT2D eigenvalue weighted by Gasteiger charge is -2.31. The van der Waals surface area contributed by atoms with E-state index >= 15 is 0 Å². The molecule has 2 nitrogen and oxygen atoms in total. The van der Waals surface area contributed by atoms with Gasteiger partial charge in [-0.25, -0.2) is 0 Å². The summed E-state index contributed by atoms with van der Waals surface area (Å²) in [4.78, 5) is 0. The second-order valence-corrected chi connectivity index (χ2v) is 8.11. The Balaban J connectivity index is 3.23. The van der Waals surface area contributed by atoms with Crippen molar-refractivity contribution in [1.82, 2.24) is 0 Å². The molecule has 2 heteroatoms. The van der Waals surface area contributed by atoms with Crippen molar-refractivity contribution in [2.75, 3.05) is 7.11 Å². The van der Waals surface area contributed by atoms with Crippen molar-refractivity contribution in [3.8, 4) is 11.5 Å². The van der Waals surface area contributed by atoms with Gasteiger partial charge in [0.05, 0.1) is 7.11 Å². The van der Waals surface area contributed by atoms with E-state index in [1.165, 1.54) is 0 Å². The molecule has 120 valence electrons. The number of phenolic OH excluding ortho intramolecular Hbond substituents is 1. The normalized spacial score (nSPS) is 14.1. The summed E-state index contributed by atoms with van der Waals surface area (Å²) in [6, 6.07) is 3.90. The van der Waals surface area contributed by atoms with E-state index in [9.17, 15) is 5.11 Å². The number of methoxy groups -OCH3 is 1. The maximum absolute atomic E-state index is 10.4. The molecule has 1 N–H and O–H groups in total. The van der Waals surface area contributed by atoms with E-state index in [4.69, 9.17) is 4.74 Å². The summed E-state index contributed by atoms with van der Waals surface area (Å²) in [5.74, 6) is 1.83. The van der Waals surface area contributed by atoms with Crippen molar-refractivity contribution in [3.05, 3.63) is 23.3 Å². The topological polar surface area (TPSA) is 29.5 Å². The fraction of sp³-hybridized carbons (Fsp3) is 0.684. The predicted molar refractivity (Wildman–Crippen MR) is 90.3 cm³/mol. The fourth-order valence-electron chi connectivity index (χ4n) is 2.89. The van der Waals surface area contributed by atoms with Crippen LogP contribution in [0.5, 0.6) is 11.5 Å². The van der Waals surface area contributed by atoms with Crippen molar-refractivity contribution in [2.24, 2.45) is 11.3 Å². The zero-order chi connectivity index (χ0) is 16.4. The molecule has 1 aromatic rings. The highest BCUT2D eigenvalue weighted by Crippen LogP contribution is 2.39. The molecule has 0 radical (unpaired) electrons. The Bertz CT molecular complexity index is 476. The summed E-state index contributed by atoms with van der Waals surface area (Å²) in [5.41, 5.74) is 2.19. The molecule has 0 aliphatic rings. The quantitative estimate of drug-likeness (QED) is 0.814. The zero-order valence-electron chi connectivity index (χ0n) is 15.0. The molecule has 0 aliphatic heterocycles. The summed E-state index contributed by atoms with van der Waals surface area (Å²) in [5, 5.41) is 10.4. The number of benzene rings is 1. The summed E-state index contributed by atoms with van der Waals surface area (Å²) in [6.07, 6.45) is 2.05. The number of aromatic hydroxyl groups is 1. The van der Waals surface area contributed by atoms with Crippen LogP contribution in [-0.4, -0.2) is 12.2 Å². The Morgan fingerprint density at radius 2 is 1.67 bits per heavy atom. The first-order valence-corrected chi connectivity index (χ1v) is 7.91. The molecule has 0 heterocycles. The lowest BCUT2D eigenvalue weighted by molar-refractivity contribution is 0.229. The van der Waals surface area contributed by atoms with Gasteiger partial charge in [-0.3, -0.25) is 0 Å². The summed E-state index contributed by atoms with van der Waals surface area (Å²) in [6.45, 7) is 15.4. The van der Waals surface area contributed by atoms with Crippen molar-refractivity contribution in [3.63, 3.8) is 0 Å². The highest BCUT2D eigenvalue weighted by atomic mass is 16.5. The van der Waals surface area contributed by atoms with Crippen LogP contribution in [-0.2, 0) is 11.8 Å². The summed E-state index contributed by atoms with van der Waals surface area (Å²) >= 11 is 0. The van der Waals surface area contributed by atoms with E-state index in [1.54, 1.807) is 7.11 Å². The minimum atomic E-state index is -0.0932. The van der Waals surface area contributed by atoms with Crippen LogP contribution >= 0.6 is 0 Å². The maximum atomic E-state index is 10.4. The molecule has 0 saturated carbocycles. The maximum Gasteiger partial charge on any atom is 0.122 e. The van der Waals surface area contributed by atoms with Crippen molar-refractivity contribution in [2.45, 2.75) is 66.7 Å². The standard InChI is InChI=1S/C19H32O2/c1-9-14(18(2,3)4)10-13-11-16(20)15(19(5,6)7)12-17(13)21-8/h11-12,14,20H,9-10H2,1-8H3. The molecule has 0 amide bonds. The van der Waals surface area contributed by atoms with Gasteiger partial charge < -0.3 is 9.84 Å². The van der Waals surface area contributed by atoms with Crippen LogP contribution < -0.4 is 4.74 Å². The number of hydrogen-bond donors (Lipinski definition) is 1. The van der Waals surface area contributed by atoms with E-state index < -0.39 is 0 Å². The highest BCUT2D eigenvalue weighted by molar-refractivity contribution is 5.48. The van der Waals surface area contributed by atoms with Gasteiger partial charge in [0.1, 0.15) is 11.5 Å². The third-order valence-corrected chi connectivity index (χ3v) is 4.39. The molecular formula is C19H32O2. The van der Waals surface area contributed by atoms with Crippen LogP contribution in [0.1, 0.15) is 66.0 Å². The van der Waals surface area contributed by atoms with E-state index in [-0.39, 0.29) is 10.8 Å². The lowest BCUT2D eigenvalue weighted by Crippen LogP contribution is -2.22. The molecule has 0 aromatic heterocycles. The van der Waals surface area contributed by atoms with E-state index in [1.807, 2.05) is 12.1 Å². The summed E-state index contributed by atoms with van der Waals surface area (Å²) in [7, 11) is 1.71. The Morgan fingerprint density at radius 3 is 2.05 bits per heavy atom. The van der Waals surface area contributed by atoms with E-state index in [0.717, 1.165) is 29.7 Å². The number of rotatable bonds is 4. The third kappa shape index (κ3) is 4.39. The Morgan fingerprint density at radius 1 is 1.10 bits per heavy atom. The Hall–Kier alpha value is -1.18. The van der Waals surface area contributed by atoms with Crippen LogP contribution in [0, 0.1) is 11.3 Å². The zero-order valence-corrected chi connectivity index (χ0v) is 15.0. The minimum Gasteiger partial charge on any atom is -0.508 e. The Kier molecular flexibility index (Phi) is 5.35. The average Bonchev–Trinajstić information content (AvgIpc) is 2.32. The monoisotopic (exact) mass is 292 g/mol. The molecule has 1 rings (SSSR count). The second kappa shape index (κ2) is 6.29. The molecule has 1 atom stereocenters. The number of phenols is 1. The third-order valence-electron chi connectivity index (χ3n) is 4.39. The molecular weight excluding hydrogens is 260 g/mol. The van der Waals surface area contributed by atoms with E-state index in [2.05, 4.69) is 48.5 Å². The predicted octanol–water partition coefficient (Wildman–Crippen LogP) is 5.31. The minimum absolute atomic E-state index is 0.0932. The van der Waals surface area contributed by atoms with Crippen LogP contribution in [0.3, 0.4) is 0 Å². The van der Waals surface area contributed by atoms with Gasteiger partial charge in [-0.15, -0.1) is 0 Å². The molecule has 21 heavy (non-hydrogen) atoms. The van der Waals surface area contributed by atoms with Gasteiger partial charge in [0.25, 0.3) is 0 Å². The first-order chi connectivity index (χ1) is 9.50. The van der Waals surface area contributed by atoms with Gasteiger partial charge in [0, 0.05) is 5.56 Å². The van der Waals surface area contributed by atoms with Gasteiger partial charge in [-0.05, 0) is 40.9 Å². The van der Waals surface area contributed by atoms with Crippen molar-refractivity contribution >= 4 is 0 Å².